The molecule has 0 radical (unpaired) electrons. The van der Waals surface area contributed by atoms with Crippen molar-refractivity contribution < 1.29 is 4.74 Å². The molecular weight excluding hydrogens is 234 g/mol. The minimum Gasteiger partial charge on any atom is -0.494 e. The van der Waals surface area contributed by atoms with Gasteiger partial charge in [0.25, 0.3) is 0 Å². The third kappa shape index (κ3) is 4.32. The van der Waals surface area contributed by atoms with Crippen LogP contribution in [0.1, 0.15) is 31.2 Å². The maximum atomic E-state index is 5.71. The molecule has 1 atom stereocenters. The van der Waals surface area contributed by atoms with Crippen molar-refractivity contribution in [2.75, 3.05) is 12.3 Å². The Kier molecular flexibility index (Phi) is 4.85. The first-order chi connectivity index (χ1) is 9.25. The predicted octanol–water partition coefficient (Wildman–Crippen LogP) is 4.23. The second kappa shape index (κ2) is 6.83. The van der Waals surface area contributed by atoms with Crippen LogP contribution in [0.25, 0.3) is 0 Å². The molecule has 2 nitrogen and oxygen atoms in total. The van der Waals surface area contributed by atoms with Crippen LogP contribution < -0.4 is 10.5 Å². The molecule has 0 aliphatic rings. The van der Waals surface area contributed by atoms with Crippen molar-refractivity contribution in [1.82, 2.24) is 0 Å². The van der Waals surface area contributed by atoms with Gasteiger partial charge in [0.2, 0.25) is 0 Å². The maximum absolute atomic E-state index is 5.71. The first kappa shape index (κ1) is 13.5. The predicted molar refractivity (Wildman–Crippen MR) is 80.4 cm³/mol. The Labute approximate surface area is 115 Å². The number of hydrogen-bond donors (Lipinski definition) is 1. The molecule has 0 aliphatic carbocycles. The number of nitrogens with two attached hydrogens (primary N) is 1. The third-order valence-corrected chi connectivity index (χ3v) is 3.28. The van der Waals surface area contributed by atoms with Gasteiger partial charge in [0, 0.05) is 11.8 Å². The fourth-order valence-corrected chi connectivity index (χ4v) is 2.13. The molecule has 2 N–H and O–H groups in total. The molecule has 0 bridgehead atoms. The van der Waals surface area contributed by atoms with Crippen LogP contribution in [0.15, 0.2) is 54.6 Å². The van der Waals surface area contributed by atoms with Gasteiger partial charge < -0.3 is 10.5 Å². The topological polar surface area (TPSA) is 35.2 Å². The summed E-state index contributed by atoms with van der Waals surface area (Å²) in [5, 5.41) is 0. The average Bonchev–Trinajstić information content (AvgIpc) is 2.44. The van der Waals surface area contributed by atoms with E-state index in [0.717, 1.165) is 30.9 Å². The van der Waals surface area contributed by atoms with Crippen molar-refractivity contribution in [3.05, 3.63) is 60.2 Å². The van der Waals surface area contributed by atoms with E-state index in [1.54, 1.807) is 0 Å². The zero-order valence-corrected chi connectivity index (χ0v) is 11.4. The molecule has 0 saturated carbocycles. The lowest BCUT2D eigenvalue weighted by atomic mass is 9.97. The molecule has 2 heteroatoms. The molecule has 2 rings (SSSR count). The van der Waals surface area contributed by atoms with Crippen LogP contribution in [0.4, 0.5) is 5.69 Å². The minimum absolute atomic E-state index is 0.575. The summed E-state index contributed by atoms with van der Waals surface area (Å²) in [4.78, 5) is 0. The summed E-state index contributed by atoms with van der Waals surface area (Å²) in [6, 6.07) is 18.2. The Balaban J connectivity index is 1.72. The Hall–Kier alpha value is -1.96. The van der Waals surface area contributed by atoms with Gasteiger partial charge in [-0.2, -0.15) is 0 Å². The molecule has 0 heterocycles. The van der Waals surface area contributed by atoms with Crippen molar-refractivity contribution in [3.8, 4) is 5.75 Å². The first-order valence-electron chi connectivity index (χ1n) is 6.79. The zero-order valence-electron chi connectivity index (χ0n) is 11.4. The van der Waals surface area contributed by atoms with Gasteiger partial charge in [-0.15, -0.1) is 0 Å². The largest absolute Gasteiger partial charge is 0.494 e. The Morgan fingerprint density at radius 3 is 2.58 bits per heavy atom. The van der Waals surface area contributed by atoms with E-state index in [2.05, 4.69) is 37.3 Å². The van der Waals surface area contributed by atoms with Crippen LogP contribution in [-0.4, -0.2) is 6.61 Å². The molecule has 0 saturated heterocycles. The van der Waals surface area contributed by atoms with Crippen molar-refractivity contribution in [2.45, 2.75) is 25.7 Å². The van der Waals surface area contributed by atoms with E-state index in [0.29, 0.717) is 5.92 Å². The summed E-state index contributed by atoms with van der Waals surface area (Å²) in [6.45, 7) is 3.00. The van der Waals surface area contributed by atoms with Crippen molar-refractivity contribution in [1.29, 1.82) is 0 Å². The molecule has 0 amide bonds. The third-order valence-electron chi connectivity index (χ3n) is 3.28. The van der Waals surface area contributed by atoms with Gasteiger partial charge in [-0.1, -0.05) is 43.3 Å². The highest BCUT2D eigenvalue weighted by Crippen LogP contribution is 2.20. The summed E-state index contributed by atoms with van der Waals surface area (Å²) in [5.41, 5.74) is 7.85. The van der Waals surface area contributed by atoms with E-state index in [4.69, 9.17) is 10.5 Å². The summed E-state index contributed by atoms with van der Waals surface area (Å²) in [5.74, 6) is 1.43. The lowest BCUT2D eigenvalue weighted by molar-refractivity contribution is 0.303. The standard InChI is InChI=1S/C17H21NO/c1-14(15-8-3-2-4-9-15)7-6-12-19-17-11-5-10-16(18)13-17/h2-5,8-11,13-14H,6-7,12,18H2,1H3. The number of hydrogen-bond acceptors (Lipinski definition) is 2. The highest BCUT2D eigenvalue weighted by Gasteiger charge is 2.04. The summed E-state index contributed by atoms with van der Waals surface area (Å²) in [7, 11) is 0. The summed E-state index contributed by atoms with van der Waals surface area (Å²) < 4.78 is 5.69. The molecule has 19 heavy (non-hydrogen) atoms. The maximum Gasteiger partial charge on any atom is 0.121 e. The second-order valence-corrected chi connectivity index (χ2v) is 4.87. The van der Waals surface area contributed by atoms with Gasteiger partial charge in [0.15, 0.2) is 0 Å². The fourth-order valence-electron chi connectivity index (χ4n) is 2.13. The first-order valence-corrected chi connectivity index (χ1v) is 6.79. The number of anilines is 1. The Morgan fingerprint density at radius 2 is 1.84 bits per heavy atom. The molecule has 0 aromatic heterocycles. The lowest BCUT2D eigenvalue weighted by Crippen LogP contribution is -2.01. The Morgan fingerprint density at radius 1 is 1.05 bits per heavy atom. The van der Waals surface area contributed by atoms with E-state index < -0.39 is 0 Å². The molecule has 2 aromatic carbocycles. The van der Waals surface area contributed by atoms with Crippen molar-refractivity contribution >= 4 is 5.69 Å². The van der Waals surface area contributed by atoms with Crippen molar-refractivity contribution in [2.24, 2.45) is 0 Å². The van der Waals surface area contributed by atoms with Crippen LogP contribution >= 0.6 is 0 Å². The lowest BCUT2D eigenvalue weighted by Gasteiger charge is -2.12. The molecular formula is C17H21NO. The molecule has 1 unspecified atom stereocenters. The van der Waals surface area contributed by atoms with Crippen LogP contribution in [0.5, 0.6) is 5.75 Å². The summed E-state index contributed by atoms with van der Waals surface area (Å²) >= 11 is 0. The van der Waals surface area contributed by atoms with Crippen LogP contribution in [0, 0.1) is 0 Å². The van der Waals surface area contributed by atoms with Gasteiger partial charge in [-0.3, -0.25) is 0 Å². The normalized spacial score (nSPS) is 12.1. The minimum atomic E-state index is 0.575. The number of nitrogen functional groups attached to an aromatic ring is 1. The SMILES string of the molecule is CC(CCCOc1cccc(N)c1)c1ccccc1. The zero-order chi connectivity index (χ0) is 13.5. The Bertz CT molecular complexity index is 496. The van der Waals surface area contributed by atoms with E-state index in [1.165, 1.54) is 5.56 Å². The van der Waals surface area contributed by atoms with Crippen molar-refractivity contribution in [3.63, 3.8) is 0 Å². The van der Waals surface area contributed by atoms with Gasteiger partial charge in [0.1, 0.15) is 5.75 Å². The molecule has 0 fully saturated rings. The van der Waals surface area contributed by atoms with Gasteiger partial charge in [-0.05, 0) is 36.5 Å². The van der Waals surface area contributed by atoms with E-state index >= 15 is 0 Å². The van der Waals surface area contributed by atoms with Crippen LogP contribution in [-0.2, 0) is 0 Å². The average molecular weight is 255 g/mol. The molecule has 0 aliphatic heterocycles. The number of ether oxygens (including phenoxy) is 1. The van der Waals surface area contributed by atoms with Gasteiger partial charge in [0.05, 0.1) is 6.61 Å². The van der Waals surface area contributed by atoms with Crippen LogP contribution in [0.3, 0.4) is 0 Å². The monoisotopic (exact) mass is 255 g/mol. The molecule has 2 aromatic rings. The van der Waals surface area contributed by atoms with Crippen LogP contribution in [0.2, 0.25) is 0 Å². The highest BCUT2D eigenvalue weighted by molar-refractivity contribution is 5.43. The smallest absolute Gasteiger partial charge is 0.121 e. The van der Waals surface area contributed by atoms with Gasteiger partial charge >= 0.3 is 0 Å². The number of rotatable bonds is 6. The quantitative estimate of drug-likeness (QED) is 0.619. The van der Waals surface area contributed by atoms with Gasteiger partial charge in [-0.25, -0.2) is 0 Å². The summed E-state index contributed by atoms with van der Waals surface area (Å²) in [6.07, 6.45) is 2.18. The van der Waals surface area contributed by atoms with E-state index in [1.807, 2.05) is 24.3 Å². The highest BCUT2D eigenvalue weighted by atomic mass is 16.5. The van der Waals surface area contributed by atoms with E-state index in [-0.39, 0.29) is 0 Å². The molecule has 0 spiro atoms. The number of benzene rings is 2. The second-order valence-electron chi connectivity index (χ2n) is 4.87. The molecule has 100 valence electrons. The fraction of sp³-hybridized carbons (Fsp3) is 0.294. The van der Waals surface area contributed by atoms with E-state index in [9.17, 15) is 0 Å².